The van der Waals surface area contributed by atoms with E-state index in [0.717, 1.165) is 19.3 Å². The Labute approximate surface area is 126 Å². The summed E-state index contributed by atoms with van der Waals surface area (Å²) in [5, 5.41) is 0. The van der Waals surface area contributed by atoms with Gasteiger partial charge in [-0.25, -0.2) is 0 Å². The Bertz CT molecular complexity index is 501. The number of piperidine rings is 1. The predicted octanol–water partition coefficient (Wildman–Crippen LogP) is 4.03. The fraction of sp³-hybridized carbons (Fsp3) is 0.538. The van der Waals surface area contributed by atoms with Gasteiger partial charge in [-0.3, -0.25) is 9.59 Å². The van der Waals surface area contributed by atoms with Crippen LogP contribution in [0.2, 0.25) is 8.67 Å². The fourth-order valence-corrected chi connectivity index (χ4v) is 3.90. The summed E-state index contributed by atoms with van der Waals surface area (Å²) in [4.78, 5) is 25.6. The molecule has 1 aliphatic heterocycles. The number of thiophene rings is 1. The summed E-state index contributed by atoms with van der Waals surface area (Å²) in [6, 6.07) is 1.60. The molecule has 1 aromatic heterocycles. The number of ketones is 1. The Kier molecular flexibility index (Phi) is 4.87. The maximum atomic E-state index is 12.5. The van der Waals surface area contributed by atoms with Crippen molar-refractivity contribution in [2.45, 2.75) is 38.6 Å². The molecule has 1 amide bonds. The second-order valence-corrected chi connectivity index (χ2v) is 7.08. The lowest BCUT2D eigenvalue weighted by Crippen LogP contribution is -2.44. The molecule has 0 bridgehead atoms. The van der Waals surface area contributed by atoms with Crippen molar-refractivity contribution in [1.29, 1.82) is 0 Å². The highest BCUT2D eigenvalue weighted by Gasteiger charge is 2.30. The zero-order valence-corrected chi connectivity index (χ0v) is 12.9. The topological polar surface area (TPSA) is 37.4 Å². The molecule has 0 radical (unpaired) electrons. The number of hydrogen-bond donors (Lipinski definition) is 0. The normalized spacial score (nSPS) is 19.5. The Balaban J connectivity index is 2.19. The molecular formula is C13H15Cl2NO2S. The van der Waals surface area contributed by atoms with Crippen molar-refractivity contribution in [2.75, 3.05) is 6.54 Å². The minimum absolute atomic E-state index is 0.00603. The van der Waals surface area contributed by atoms with E-state index in [1.807, 2.05) is 0 Å². The third-order valence-corrected chi connectivity index (χ3v) is 4.79. The van der Waals surface area contributed by atoms with Gasteiger partial charge in [-0.05, 0) is 32.3 Å². The van der Waals surface area contributed by atoms with Gasteiger partial charge in [0.15, 0.2) is 0 Å². The monoisotopic (exact) mass is 319 g/mol. The Morgan fingerprint density at radius 2 is 2.16 bits per heavy atom. The lowest BCUT2D eigenvalue weighted by molar-refractivity contribution is -0.118. The largest absolute Gasteiger partial charge is 0.335 e. The first-order chi connectivity index (χ1) is 8.99. The van der Waals surface area contributed by atoms with Crippen molar-refractivity contribution in [2.24, 2.45) is 0 Å². The molecule has 19 heavy (non-hydrogen) atoms. The molecule has 0 N–H and O–H groups in total. The van der Waals surface area contributed by atoms with Crippen LogP contribution >= 0.6 is 34.5 Å². The van der Waals surface area contributed by atoms with Gasteiger partial charge in [0.25, 0.3) is 5.91 Å². The average Bonchev–Trinajstić information content (AvgIpc) is 2.67. The summed E-state index contributed by atoms with van der Waals surface area (Å²) in [6.07, 6.45) is 3.32. The van der Waals surface area contributed by atoms with E-state index in [1.54, 1.807) is 17.9 Å². The Morgan fingerprint density at radius 3 is 2.74 bits per heavy atom. The number of carbonyl (C=O) groups is 2. The lowest BCUT2D eigenvalue weighted by atomic mass is 9.97. The quantitative estimate of drug-likeness (QED) is 0.843. The molecule has 1 atom stereocenters. The maximum absolute atomic E-state index is 12.5. The van der Waals surface area contributed by atoms with Crippen LogP contribution in [-0.4, -0.2) is 29.2 Å². The molecule has 1 saturated heterocycles. The predicted molar refractivity (Wildman–Crippen MR) is 78.3 cm³/mol. The van der Waals surface area contributed by atoms with Crippen LogP contribution in [0, 0.1) is 0 Å². The van der Waals surface area contributed by atoms with Crippen LogP contribution in [0.4, 0.5) is 0 Å². The molecule has 0 saturated carbocycles. The molecule has 0 aliphatic carbocycles. The number of halogens is 2. The van der Waals surface area contributed by atoms with Gasteiger partial charge < -0.3 is 4.90 Å². The van der Waals surface area contributed by atoms with E-state index >= 15 is 0 Å². The van der Waals surface area contributed by atoms with E-state index in [0.29, 0.717) is 27.2 Å². The smallest absolute Gasteiger partial charge is 0.256 e. The zero-order chi connectivity index (χ0) is 14.0. The Hall–Kier alpha value is -0.580. The molecule has 2 heterocycles. The highest BCUT2D eigenvalue weighted by atomic mass is 35.5. The van der Waals surface area contributed by atoms with Crippen molar-refractivity contribution >= 4 is 46.2 Å². The van der Waals surface area contributed by atoms with E-state index in [1.165, 1.54) is 11.3 Å². The first kappa shape index (κ1) is 14.8. The molecule has 1 aliphatic rings. The minimum atomic E-state index is -0.112. The molecule has 1 aromatic rings. The van der Waals surface area contributed by atoms with Gasteiger partial charge in [0.1, 0.15) is 10.1 Å². The van der Waals surface area contributed by atoms with Crippen LogP contribution < -0.4 is 0 Å². The van der Waals surface area contributed by atoms with Crippen molar-refractivity contribution in [1.82, 2.24) is 4.90 Å². The molecular weight excluding hydrogens is 305 g/mol. The summed E-state index contributed by atoms with van der Waals surface area (Å²) >= 11 is 13.1. The standard InChI is InChI=1S/C13H15Cl2NO2S/c1-8(17)6-9-4-2-3-5-16(9)13(18)10-7-11(14)19-12(10)15/h7,9H,2-6H2,1H3. The number of rotatable bonds is 3. The summed E-state index contributed by atoms with van der Waals surface area (Å²) in [7, 11) is 0. The first-order valence-electron chi connectivity index (χ1n) is 6.24. The van der Waals surface area contributed by atoms with E-state index in [2.05, 4.69) is 0 Å². The molecule has 1 unspecified atom stereocenters. The van der Waals surface area contributed by atoms with E-state index in [4.69, 9.17) is 23.2 Å². The summed E-state index contributed by atoms with van der Waals surface area (Å²) in [6.45, 7) is 2.24. The van der Waals surface area contributed by atoms with Crippen LogP contribution in [0.3, 0.4) is 0 Å². The van der Waals surface area contributed by atoms with Crippen LogP contribution in [0.25, 0.3) is 0 Å². The Morgan fingerprint density at radius 1 is 1.42 bits per heavy atom. The highest BCUT2D eigenvalue weighted by Crippen LogP contribution is 2.33. The van der Waals surface area contributed by atoms with Gasteiger partial charge in [-0.1, -0.05) is 23.2 Å². The molecule has 6 heteroatoms. The van der Waals surface area contributed by atoms with Gasteiger partial charge in [0.05, 0.1) is 9.90 Å². The summed E-state index contributed by atoms with van der Waals surface area (Å²) in [5.41, 5.74) is 0.451. The van der Waals surface area contributed by atoms with Crippen LogP contribution in [0.1, 0.15) is 43.0 Å². The zero-order valence-electron chi connectivity index (χ0n) is 10.6. The molecule has 0 spiro atoms. The maximum Gasteiger partial charge on any atom is 0.256 e. The minimum Gasteiger partial charge on any atom is -0.335 e. The lowest BCUT2D eigenvalue weighted by Gasteiger charge is -2.35. The molecule has 1 fully saturated rings. The van der Waals surface area contributed by atoms with Gasteiger partial charge in [-0.2, -0.15) is 0 Å². The molecule has 3 nitrogen and oxygen atoms in total. The van der Waals surface area contributed by atoms with Crippen LogP contribution in [0.15, 0.2) is 6.07 Å². The number of Topliss-reactive ketones (excluding diaryl/α,β-unsaturated/α-hetero) is 1. The highest BCUT2D eigenvalue weighted by molar-refractivity contribution is 7.20. The number of nitrogens with zero attached hydrogens (tertiary/aromatic N) is 1. The van der Waals surface area contributed by atoms with Crippen molar-refractivity contribution in [3.8, 4) is 0 Å². The average molecular weight is 320 g/mol. The number of carbonyl (C=O) groups excluding carboxylic acids is 2. The van der Waals surface area contributed by atoms with Gasteiger partial charge in [0.2, 0.25) is 0 Å². The summed E-state index contributed by atoms with van der Waals surface area (Å²) in [5.74, 6) is -0.00162. The second-order valence-electron chi connectivity index (χ2n) is 4.79. The van der Waals surface area contributed by atoms with Crippen molar-refractivity contribution in [3.05, 3.63) is 20.3 Å². The summed E-state index contributed by atoms with van der Waals surface area (Å²) < 4.78 is 0.927. The number of hydrogen-bond acceptors (Lipinski definition) is 3. The SMILES string of the molecule is CC(=O)CC1CCCCN1C(=O)c1cc(Cl)sc1Cl. The molecule has 2 rings (SSSR count). The van der Waals surface area contributed by atoms with Gasteiger partial charge >= 0.3 is 0 Å². The van der Waals surface area contributed by atoms with E-state index in [9.17, 15) is 9.59 Å². The molecule has 104 valence electrons. The van der Waals surface area contributed by atoms with Crippen LogP contribution in [0.5, 0.6) is 0 Å². The molecule has 0 aromatic carbocycles. The van der Waals surface area contributed by atoms with E-state index in [-0.39, 0.29) is 17.7 Å². The number of amides is 1. The van der Waals surface area contributed by atoms with Crippen LogP contribution in [-0.2, 0) is 4.79 Å². The fourth-order valence-electron chi connectivity index (χ4n) is 2.45. The van der Waals surface area contributed by atoms with Gasteiger partial charge in [-0.15, -0.1) is 11.3 Å². The number of likely N-dealkylation sites (tertiary alicyclic amines) is 1. The van der Waals surface area contributed by atoms with Crippen molar-refractivity contribution < 1.29 is 9.59 Å². The third kappa shape index (κ3) is 3.50. The second kappa shape index (κ2) is 6.25. The van der Waals surface area contributed by atoms with Gasteiger partial charge in [0, 0.05) is 19.0 Å². The third-order valence-electron chi connectivity index (χ3n) is 3.30. The van der Waals surface area contributed by atoms with E-state index < -0.39 is 0 Å². The van der Waals surface area contributed by atoms with Crippen molar-refractivity contribution in [3.63, 3.8) is 0 Å². The first-order valence-corrected chi connectivity index (χ1v) is 7.81.